The van der Waals surface area contributed by atoms with Gasteiger partial charge >= 0.3 is 0 Å². The average molecular weight is 298 g/mol. The number of quaternary nitrogens is 1. The first-order valence-corrected chi connectivity index (χ1v) is 6.45. The molecule has 1 aromatic heterocycles. The minimum atomic E-state index is -1.01. The largest absolute Gasteiger partial charge is 0.595 e. The monoisotopic (exact) mass is 298 g/mol. The molecule has 0 bridgehead atoms. The van der Waals surface area contributed by atoms with Gasteiger partial charge in [-0.05, 0) is 43.2 Å². The van der Waals surface area contributed by atoms with Crippen molar-refractivity contribution in [3.8, 4) is 6.07 Å². The first-order chi connectivity index (χ1) is 10.4. The molecule has 1 aromatic carbocycles. The zero-order valence-corrected chi connectivity index (χ0v) is 12.1. The molecule has 7 heteroatoms. The molecule has 112 valence electrons. The predicted octanol–water partition coefficient (Wildman–Crippen LogP) is 0.622. The maximum Gasteiger partial charge on any atom is 0.289 e. The highest BCUT2D eigenvalue weighted by Gasteiger charge is 2.08. The minimum Gasteiger partial charge on any atom is -0.595 e. The molecule has 0 aliphatic carbocycles. The number of nitrogens with one attached hydrogen (secondary N) is 1. The van der Waals surface area contributed by atoms with Crippen molar-refractivity contribution < 1.29 is 10.4 Å². The second kappa shape index (κ2) is 6.32. The van der Waals surface area contributed by atoms with Crippen LogP contribution >= 0.6 is 0 Å². The van der Waals surface area contributed by atoms with Gasteiger partial charge in [-0.1, -0.05) is 0 Å². The van der Waals surface area contributed by atoms with E-state index in [0.29, 0.717) is 16.8 Å². The van der Waals surface area contributed by atoms with Crippen LogP contribution in [0, 0.1) is 30.4 Å². The lowest BCUT2D eigenvalue weighted by Gasteiger charge is -2.10. The van der Waals surface area contributed by atoms with Gasteiger partial charge in [0.1, 0.15) is 11.6 Å². The Morgan fingerprint density at radius 2 is 2.00 bits per heavy atom. The zero-order chi connectivity index (χ0) is 16.3. The van der Waals surface area contributed by atoms with Crippen LogP contribution in [0.3, 0.4) is 0 Å². The van der Waals surface area contributed by atoms with Gasteiger partial charge in [-0.2, -0.15) is 15.6 Å². The summed E-state index contributed by atoms with van der Waals surface area (Å²) in [7, 11) is 0. The summed E-state index contributed by atoms with van der Waals surface area (Å²) < 4.78 is 1.15. The predicted molar refractivity (Wildman–Crippen MR) is 80.1 cm³/mol. The van der Waals surface area contributed by atoms with Gasteiger partial charge in [-0.15, -0.1) is 0 Å². The van der Waals surface area contributed by atoms with Crippen LogP contribution in [0.1, 0.15) is 22.4 Å². The van der Waals surface area contributed by atoms with Crippen LogP contribution in [0.15, 0.2) is 40.2 Å². The van der Waals surface area contributed by atoms with E-state index in [1.807, 2.05) is 6.07 Å². The molecule has 7 nitrogen and oxygen atoms in total. The van der Waals surface area contributed by atoms with Crippen LogP contribution in [0.5, 0.6) is 0 Å². The summed E-state index contributed by atoms with van der Waals surface area (Å²) in [6, 6.07) is 9.68. The summed E-state index contributed by atoms with van der Waals surface area (Å²) in [6.45, 7) is 3.42. The maximum atomic E-state index is 12.2. The van der Waals surface area contributed by atoms with Crippen molar-refractivity contribution in [3.05, 3.63) is 68.3 Å². The normalized spacial score (nSPS) is 12.3. The number of nitrogens with zero attached hydrogens (tertiary/aromatic N) is 3. The molecule has 22 heavy (non-hydrogen) atoms. The topological polar surface area (TPSA) is 106 Å². The number of hydrogen-bond donors (Lipinski definition) is 2. The number of benzene rings is 1. The van der Waals surface area contributed by atoms with Crippen molar-refractivity contribution in [1.82, 2.24) is 4.68 Å². The molecule has 0 aliphatic rings. The Morgan fingerprint density at radius 1 is 1.36 bits per heavy atom. The van der Waals surface area contributed by atoms with E-state index in [0.717, 1.165) is 4.68 Å². The third-order valence-corrected chi connectivity index (χ3v) is 3.15. The molecule has 1 heterocycles. The van der Waals surface area contributed by atoms with E-state index in [4.69, 9.17) is 10.5 Å². The highest BCUT2D eigenvalue weighted by Crippen LogP contribution is 2.06. The minimum absolute atomic E-state index is 0.0592. The van der Waals surface area contributed by atoms with Crippen molar-refractivity contribution in [2.75, 3.05) is 0 Å². The second-order valence-corrected chi connectivity index (χ2v) is 4.74. The van der Waals surface area contributed by atoms with E-state index < -0.39 is 10.8 Å². The molecule has 0 saturated heterocycles. The standard InChI is InChI=1S/C15H14N4O3/c1-10-7-11(2)18(15(20)14(10)8-16)17-9-12-3-5-13(6-4-12)19(21)22/h3-7,9,19,21H,1-2H3. The van der Waals surface area contributed by atoms with Crippen LogP contribution in [0.2, 0.25) is 0 Å². The van der Waals surface area contributed by atoms with Gasteiger partial charge < -0.3 is 5.21 Å². The van der Waals surface area contributed by atoms with E-state index >= 15 is 0 Å². The van der Waals surface area contributed by atoms with E-state index in [-0.39, 0.29) is 11.3 Å². The third-order valence-electron chi connectivity index (χ3n) is 3.15. The molecular formula is C15H14N4O3. The summed E-state index contributed by atoms with van der Waals surface area (Å²) in [5.41, 5.74) is 1.63. The van der Waals surface area contributed by atoms with Crippen LogP contribution in [0.4, 0.5) is 5.69 Å². The molecule has 2 N–H and O–H groups in total. The maximum absolute atomic E-state index is 12.2. The molecule has 0 amide bonds. The lowest BCUT2D eigenvalue weighted by atomic mass is 10.1. The fraction of sp³-hybridized carbons (Fsp3) is 0.133. The fourth-order valence-corrected chi connectivity index (χ4v) is 2.00. The third kappa shape index (κ3) is 3.10. The van der Waals surface area contributed by atoms with Gasteiger partial charge in [0.15, 0.2) is 5.69 Å². The van der Waals surface area contributed by atoms with Crippen LogP contribution in [0.25, 0.3) is 0 Å². The summed E-state index contributed by atoms with van der Waals surface area (Å²) in [5, 5.41) is 31.7. The van der Waals surface area contributed by atoms with Crippen molar-refractivity contribution in [1.29, 1.82) is 5.26 Å². The summed E-state index contributed by atoms with van der Waals surface area (Å²) in [5.74, 6) is 0. The molecule has 2 aromatic rings. The first kappa shape index (κ1) is 15.6. The Morgan fingerprint density at radius 3 is 2.55 bits per heavy atom. The SMILES string of the molecule is Cc1cc(C)n(N=Cc2ccc([NH+]([O-])O)cc2)c(=O)c1C#N. The molecule has 0 aliphatic heterocycles. The molecular weight excluding hydrogens is 284 g/mol. The van der Waals surface area contributed by atoms with Crippen LogP contribution < -0.4 is 10.8 Å². The van der Waals surface area contributed by atoms with E-state index in [2.05, 4.69) is 5.10 Å². The van der Waals surface area contributed by atoms with Gasteiger partial charge in [-0.25, -0.2) is 9.88 Å². The Hall–Kier alpha value is -2.79. The second-order valence-electron chi connectivity index (χ2n) is 4.74. The summed E-state index contributed by atoms with van der Waals surface area (Å²) in [6.07, 6.45) is 1.44. The highest BCUT2D eigenvalue weighted by atomic mass is 16.8. The Bertz CT molecular complexity index is 814. The lowest BCUT2D eigenvalue weighted by molar-refractivity contribution is -0.991. The van der Waals surface area contributed by atoms with Gasteiger partial charge in [-0.3, -0.25) is 4.79 Å². The van der Waals surface area contributed by atoms with Crippen LogP contribution in [-0.4, -0.2) is 16.1 Å². The Balaban J connectivity index is 2.39. The number of aromatic nitrogens is 1. The fourth-order valence-electron chi connectivity index (χ4n) is 2.00. The van der Waals surface area contributed by atoms with Crippen molar-refractivity contribution in [3.63, 3.8) is 0 Å². The number of hydrogen-bond acceptors (Lipinski definition) is 5. The number of nitriles is 1. The Labute approximate surface area is 126 Å². The van der Waals surface area contributed by atoms with E-state index in [9.17, 15) is 10.0 Å². The number of aryl methyl sites for hydroxylation is 2. The molecule has 1 unspecified atom stereocenters. The molecule has 0 radical (unpaired) electrons. The zero-order valence-electron chi connectivity index (χ0n) is 12.1. The lowest BCUT2D eigenvalue weighted by Crippen LogP contribution is -2.99. The van der Waals surface area contributed by atoms with Gasteiger partial charge in [0, 0.05) is 17.8 Å². The quantitative estimate of drug-likeness (QED) is 0.640. The molecule has 1 atom stereocenters. The summed E-state index contributed by atoms with van der Waals surface area (Å²) in [4.78, 5) is 12.2. The number of pyridine rings is 1. The Kier molecular flexibility index (Phi) is 4.48. The average Bonchev–Trinajstić information content (AvgIpc) is 2.47. The van der Waals surface area contributed by atoms with Gasteiger partial charge in [0.25, 0.3) is 5.56 Å². The number of rotatable bonds is 3. The smallest absolute Gasteiger partial charge is 0.289 e. The molecule has 2 rings (SSSR count). The van der Waals surface area contributed by atoms with Gasteiger partial charge in [0.05, 0.1) is 6.21 Å². The molecule has 0 fully saturated rings. The van der Waals surface area contributed by atoms with Crippen molar-refractivity contribution in [2.45, 2.75) is 13.8 Å². The molecule has 0 saturated carbocycles. The molecule has 0 spiro atoms. The van der Waals surface area contributed by atoms with Gasteiger partial charge in [0.2, 0.25) is 0 Å². The van der Waals surface area contributed by atoms with E-state index in [1.54, 1.807) is 32.0 Å². The summed E-state index contributed by atoms with van der Waals surface area (Å²) >= 11 is 0. The van der Waals surface area contributed by atoms with Crippen molar-refractivity contribution >= 4 is 11.9 Å². The first-order valence-electron chi connectivity index (χ1n) is 6.45. The van der Waals surface area contributed by atoms with Crippen molar-refractivity contribution in [2.24, 2.45) is 5.10 Å². The van der Waals surface area contributed by atoms with Crippen LogP contribution in [-0.2, 0) is 0 Å². The highest BCUT2D eigenvalue weighted by molar-refractivity contribution is 5.79. The van der Waals surface area contributed by atoms with E-state index in [1.165, 1.54) is 18.3 Å².